The largest absolute Gasteiger partial charge is 0.318 e. The summed E-state index contributed by atoms with van der Waals surface area (Å²) in [5, 5.41) is 5.45. The van der Waals surface area contributed by atoms with Crippen molar-refractivity contribution in [2.45, 2.75) is 38.8 Å². The molecule has 0 radical (unpaired) electrons. The summed E-state index contributed by atoms with van der Waals surface area (Å²) >= 11 is 1.85. The van der Waals surface area contributed by atoms with Gasteiger partial charge in [0.05, 0.1) is 0 Å². The quantitative estimate of drug-likeness (QED) is 0.788. The van der Waals surface area contributed by atoms with Gasteiger partial charge in [-0.25, -0.2) is 0 Å². The lowest BCUT2D eigenvalue weighted by molar-refractivity contribution is 0.175. The van der Waals surface area contributed by atoms with E-state index in [2.05, 4.69) is 48.6 Å². The second-order valence-electron chi connectivity index (χ2n) is 4.36. The summed E-state index contributed by atoms with van der Waals surface area (Å²) in [6.07, 6.45) is 2.50. The van der Waals surface area contributed by atoms with Crippen LogP contribution in [-0.4, -0.2) is 31.6 Å². The van der Waals surface area contributed by atoms with Crippen molar-refractivity contribution in [3.63, 3.8) is 0 Å². The summed E-state index contributed by atoms with van der Waals surface area (Å²) in [6, 6.07) is 5.52. The maximum absolute atomic E-state index is 3.30. The van der Waals surface area contributed by atoms with Crippen molar-refractivity contribution >= 4 is 11.3 Å². The maximum atomic E-state index is 3.30. The summed E-state index contributed by atoms with van der Waals surface area (Å²) in [6.45, 7) is 5.62. The van der Waals surface area contributed by atoms with Crippen molar-refractivity contribution in [3.05, 3.63) is 22.4 Å². The molecular formula is C13H24N2S. The van der Waals surface area contributed by atoms with Gasteiger partial charge in [-0.15, -0.1) is 11.3 Å². The van der Waals surface area contributed by atoms with Gasteiger partial charge in [0.15, 0.2) is 0 Å². The van der Waals surface area contributed by atoms with Crippen LogP contribution in [0.4, 0.5) is 0 Å². The molecule has 2 unspecified atom stereocenters. The molecule has 0 aliphatic rings. The number of rotatable bonds is 7. The number of nitrogens with zero attached hydrogens (tertiary/aromatic N) is 1. The first-order chi connectivity index (χ1) is 7.70. The van der Waals surface area contributed by atoms with E-state index in [0.29, 0.717) is 12.1 Å². The minimum Gasteiger partial charge on any atom is -0.318 e. The van der Waals surface area contributed by atoms with Gasteiger partial charge in [0.1, 0.15) is 0 Å². The van der Waals surface area contributed by atoms with Crippen LogP contribution in [0.5, 0.6) is 0 Å². The Kier molecular flexibility index (Phi) is 6.03. The summed E-state index contributed by atoms with van der Waals surface area (Å²) in [4.78, 5) is 3.95. The monoisotopic (exact) mass is 240 g/mol. The Morgan fingerprint density at radius 3 is 2.75 bits per heavy atom. The molecule has 0 amide bonds. The van der Waals surface area contributed by atoms with Gasteiger partial charge in [0.2, 0.25) is 0 Å². The van der Waals surface area contributed by atoms with Crippen molar-refractivity contribution in [3.8, 4) is 0 Å². The first-order valence-electron chi connectivity index (χ1n) is 6.10. The van der Waals surface area contributed by atoms with Crippen molar-refractivity contribution in [2.75, 3.05) is 20.6 Å². The van der Waals surface area contributed by atoms with Gasteiger partial charge in [0.25, 0.3) is 0 Å². The molecule has 3 heteroatoms. The molecule has 0 saturated carbocycles. The molecule has 0 fully saturated rings. The lowest BCUT2D eigenvalue weighted by Crippen LogP contribution is -2.40. The zero-order chi connectivity index (χ0) is 12.0. The van der Waals surface area contributed by atoms with Crippen LogP contribution in [0.1, 0.15) is 37.6 Å². The summed E-state index contributed by atoms with van der Waals surface area (Å²) in [5.41, 5.74) is 0. The third-order valence-corrected chi connectivity index (χ3v) is 4.25. The van der Waals surface area contributed by atoms with Gasteiger partial charge in [-0.3, -0.25) is 4.90 Å². The highest BCUT2D eigenvalue weighted by Gasteiger charge is 2.20. The predicted molar refractivity (Wildman–Crippen MR) is 73.1 cm³/mol. The van der Waals surface area contributed by atoms with Crippen LogP contribution in [0, 0.1) is 0 Å². The third kappa shape index (κ3) is 3.58. The molecule has 92 valence electrons. The zero-order valence-corrected chi connectivity index (χ0v) is 11.7. The van der Waals surface area contributed by atoms with E-state index in [1.54, 1.807) is 0 Å². The van der Waals surface area contributed by atoms with Crippen molar-refractivity contribution in [1.29, 1.82) is 0 Å². The molecule has 1 aromatic rings. The second kappa shape index (κ2) is 7.05. The smallest absolute Gasteiger partial charge is 0.0413 e. The van der Waals surface area contributed by atoms with Gasteiger partial charge in [-0.05, 0) is 38.9 Å². The van der Waals surface area contributed by atoms with Crippen molar-refractivity contribution < 1.29 is 0 Å². The average molecular weight is 240 g/mol. The molecule has 1 N–H and O–H groups in total. The molecular weight excluding hydrogens is 216 g/mol. The molecule has 0 aromatic carbocycles. The first-order valence-corrected chi connectivity index (χ1v) is 6.98. The fourth-order valence-corrected chi connectivity index (χ4v) is 2.90. The lowest BCUT2D eigenvalue weighted by Gasteiger charge is -2.32. The van der Waals surface area contributed by atoms with E-state index in [0.717, 1.165) is 6.54 Å². The van der Waals surface area contributed by atoms with E-state index in [4.69, 9.17) is 0 Å². The van der Waals surface area contributed by atoms with E-state index >= 15 is 0 Å². The van der Waals surface area contributed by atoms with Crippen LogP contribution in [0.25, 0.3) is 0 Å². The molecule has 0 aliphatic carbocycles. The molecule has 2 atom stereocenters. The molecule has 16 heavy (non-hydrogen) atoms. The molecule has 1 rings (SSSR count). The highest BCUT2D eigenvalue weighted by Crippen LogP contribution is 2.25. The standard InChI is InChI=1S/C13H24N2S/c1-5-7-12(10-14-3)15(4)11(2)13-8-6-9-16-13/h6,8-9,11-12,14H,5,7,10H2,1-4H3. The van der Waals surface area contributed by atoms with Gasteiger partial charge in [-0.2, -0.15) is 0 Å². The number of hydrogen-bond acceptors (Lipinski definition) is 3. The third-order valence-electron chi connectivity index (χ3n) is 3.20. The molecule has 0 aliphatic heterocycles. The molecule has 1 heterocycles. The van der Waals surface area contributed by atoms with Crippen LogP contribution in [-0.2, 0) is 0 Å². The highest BCUT2D eigenvalue weighted by molar-refractivity contribution is 7.10. The first kappa shape index (κ1) is 13.7. The lowest BCUT2D eigenvalue weighted by atomic mass is 10.1. The normalized spacial score (nSPS) is 15.3. The minimum atomic E-state index is 0.518. The number of likely N-dealkylation sites (N-methyl/N-ethyl adjacent to an activating group) is 2. The summed E-state index contributed by atoms with van der Waals surface area (Å²) < 4.78 is 0. The molecule has 0 saturated heterocycles. The van der Waals surface area contributed by atoms with Gasteiger partial charge < -0.3 is 5.32 Å². The number of thiophene rings is 1. The van der Waals surface area contributed by atoms with Crippen LogP contribution in [0.3, 0.4) is 0 Å². The van der Waals surface area contributed by atoms with Crippen molar-refractivity contribution in [1.82, 2.24) is 10.2 Å². The predicted octanol–water partition coefficient (Wildman–Crippen LogP) is 3.13. The van der Waals surface area contributed by atoms with Crippen LogP contribution in [0.15, 0.2) is 17.5 Å². The van der Waals surface area contributed by atoms with E-state index in [1.807, 2.05) is 18.4 Å². The number of nitrogens with one attached hydrogen (secondary N) is 1. The minimum absolute atomic E-state index is 0.518. The van der Waals surface area contributed by atoms with Gasteiger partial charge in [0, 0.05) is 23.5 Å². The van der Waals surface area contributed by atoms with Crippen LogP contribution >= 0.6 is 11.3 Å². The van der Waals surface area contributed by atoms with E-state index in [9.17, 15) is 0 Å². The van der Waals surface area contributed by atoms with Gasteiger partial charge in [-0.1, -0.05) is 19.4 Å². The van der Waals surface area contributed by atoms with E-state index in [-0.39, 0.29) is 0 Å². The summed E-state index contributed by atoms with van der Waals surface area (Å²) in [5.74, 6) is 0. The number of hydrogen-bond donors (Lipinski definition) is 1. The van der Waals surface area contributed by atoms with Crippen LogP contribution < -0.4 is 5.32 Å². The molecule has 1 aromatic heterocycles. The molecule has 2 nitrogen and oxygen atoms in total. The second-order valence-corrected chi connectivity index (χ2v) is 5.34. The Balaban J connectivity index is 2.62. The average Bonchev–Trinajstić information content (AvgIpc) is 2.80. The fourth-order valence-electron chi connectivity index (χ4n) is 2.06. The summed E-state index contributed by atoms with van der Waals surface area (Å²) in [7, 11) is 4.27. The van der Waals surface area contributed by atoms with E-state index in [1.165, 1.54) is 17.7 Å². The molecule has 0 spiro atoms. The Hall–Kier alpha value is -0.380. The fraction of sp³-hybridized carbons (Fsp3) is 0.692. The highest BCUT2D eigenvalue weighted by atomic mass is 32.1. The van der Waals surface area contributed by atoms with Crippen molar-refractivity contribution in [2.24, 2.45) is 0 Å². The Morgan fingerprint density at radius 2 is 2.25 bits per heavy atom. The Bertz CT molecular complexity index is 265. The zero-order valence-electron chi connectivity index (χ0n) is 10.9. The maximum Gasteiger partial charge on any atom is 0.0413 e. The molecule has 0 bridgehead atoms. The Labute approximate surface area is 104 Å². The van der Waals surface area contributed by atoms with Gasteiger partial charge >= 0.3 is 0 Å². The SMILES string of the molecule is CCCC(CNC)N(C)C(C)c1cccs1. The Morgan fingerprint density at radius 1 is 1.50 bits per heavy atom. The van der Waals surface area contributed by atoms with E-state index < -0.39 is 0 Å². The van der Waals surface area contributed by atoms with Crippen LogP contribution in [0.2, 0.25) is 0 Å². The topological polar surface area (TPSA) is 15.3 Å².